The summed E-state index contributed by atoms with van der Waals surface area (Å²) in [4.78, 5) is 11.3. The number of carbonyl (C=O) groups is 1. The Morgan fingerprint density at radius 1 is 1.27 bits per heavy atom. The van der Waals surface area contributed by atoms with E-state index in [0.717, 1.165) is 21.2 Å². The van der Waals surface area contributed by atoms with Crippen LogP contribution in [-0.2, 0) is 11.2 Å². The molecule has 22 heavy (non-hydrogen) atoms. The molecule has 0 saturated heterocycles. The van der Waals surface area contributed by atoms with Gasteiger partial charge < -0.3 is 4.74 Å². The number of rotatable bonds is 6. The first kappa shape index (κ1) is 16.3. The molecule has 0 saturated carbocycles. The largest absolute Gasteiger partial charge is 0.482 e. The standard InChI is InChI=1S/C17H17BrN2O2/c1-2-6-13-9-14(12-7-4-3-5-8-12)10-15(18)17(13)22-11-16(21)20-19/h2-5,7-10H,1,6,11,19H2,(H,20,21). The minimum atomic E-state index is -0.386. The average Bonchev–Trinajstić information content (AvgIpc) is 2.54. The third-order valence-electron chi connectivity index (χ3n) is 3.10. The third kappa shape index (κ3) is 3.96. The highest BCUT2D eigenvalue weighted by Crippen LogP contribution is 2.35. The number of allylic oxidation sites excluding steroid dienone is 1. The molecule has 2 aromatic carbocycles. The number of hydrogen-bond donors (Lipinski definition) is 2. The Bertz CT molecular complexity index is 672. The molecule has 0 aliphatic carbocycles. The van der Waals surface area contributed by atoms with Crippen LogP contribution in [0.5, 0.6) is 5.75 Å². The molecule has 0 atom stereocenters. The minimum absolute atomic E-state index is 0.135. The molecule has 0 aromatic heterocycles. The Balaban J connectivity index is 2.38. The highest BCUT2D eigenvalue weighted by atomic mass is 79.9. The lowest BCUT2D eigenvalue weighted by atomic mass is 10.0. The van der Waals surface area contributed by atoms with Crippen molar-refractivity contribution >= 4 is 21.8 Å². The molecule has 0 heterocycles. The van der Waals surface area contributed by atoms with Crippen molar-refractivity contribution in [3.63, 3.8) is 0 Å². The van der Waals surface area contributed by atoms with Crippen LogP contribution in [0.2, 0.25) is 0 Å². The van der Waals surface area contributed by atoms with Gasteiger partial charge in [0.05, 0.1) is 4.47 Å². The van der Waals surface area contributed by atoms with Gasteiger partial charge in [0, 0.05) is 0 Å². The quantitative estimate of drug-likeness (QED) is 0.359. The van der Waals surface area contributed by atoms with E-state index in [1.807, 2.05) is 47.9 Å². The van der Waals surface area contributed by atoms with E-state index < -0.39 is 0 Å². The number of carbonyl (C=O) groups excluding carboxylic acids is 1. The van der Waals surface area contributed by atoms with E-state index in [0.29, 0.717) is 12.2 Å². The highest BCUT2D eigenvalue weighted by Gasteiger charge is 2.12. The molecule has 2 rings (SSSR count). The highest BCUT2D eigenvalue weighted by molar-refractivity contribution is 9.10. The lowest BCUT2D eigenvalue weighted by molar-refractivity contribution is -0.123. The summed E-state index contributed by atoms with van der Waals surface area (Å²) >= 11 is 3.52. The fraction of sp³-hybridized carbons (Fsp3) is 0.118. The number of benzene rings is 2. The lowest BCUT2D eigenvalue weighted by Gasteiger charge is -2.14. The summed E-state index contributed by atoms with van der Waals surface area (Å²) in [6.07, 6.45) is 2.44. The van der Waals surface area contributed by atoms with E-state index in [1.54, 1.807) is 6.08 Å². The molecule has 5 heteroatoms. The number of nitrogens with one attached hydrogen (secondary N) is 1. The molecule has 0 fully saturated rings. The normalized spacial score (nSPS) is 10.1. The topological polar surface area (TPSA) is 64.3 Å². The molecular weight excluding hydrogens is 344 g/mol. The summed E-state index contributed by atoms with van der Waals surface area (Å²) in [5.74, 6) is 5.31. The first-order chi connectivity index (χ1) is 10.7. The Morgan fingerprint density at radius 2 is 2.00 bits per heavy atom. The lowest BCUT2D eigenvalue weighted by Crippen LogP contribution is -2.34. The summed E-state index contributed by atoms with van der Waals surface area (Å²) in [6.45, 7) is 3.64. The van der Waals surface area contributed by atoms with E-state index in [-0.39, 0.29) is 12.5 Å². The van der Waals surface area contributed by atoms with Crippen LogP contribution >= 0.6 is 15.9 Å². The van der Waals surface area contributed by atoms with Crippen LogP contribution in [0.4, 0.5) is 0 Å². The second kappa shape index (κ2) is 7.77. The zero-order valence-electron chi connectivity index (χ0n) is 12.0. The molecular formula is C17H17BrN2O2. The second-order valence-corrected chi connectivity index (χ2v) is 5.52. The van der Waals surface area contributed by atoms with Gasteiger partial charge in [-0.05, 0) is 51.2 Å². The average molecular weight is 361 g/mol. The maximum absolute atomic E-state index is 11.3. The van der Waals surface area contributed by atoms with E-state index in [2.05, 4.69) is 22.5 Å². The Morgan fingerprint density at radius 3 is 2.64 bits per heavy atom. The number of amides is 1. The van der Waals surface area contributed by atoms with E-state index in [1.165, 1.54) is 0 Å². The van der Waals surface area contributed by atoms with Crippen molar-refractivity contribution < 1.29 is 9.53 Å². The van der Waals surface area contributed by atoms with Gasteiger partial charge in [0.1, 0.15) is 5.75 Å². The van der Waals surface area contributed by atoms with Crippen LogP contribution in [0.15, 0.2) is 59.6 Å². The van der Waals surface area contributed by atoms with Crippen molar-refractivity contribution in [1.82, 2.24) is 5.43 Å². The van der Waals surface area contributed by atoms with Gasteiger partial charge in [0.2, 0.25) is 0 Å². The van der Waals surface area contributed by atoms with Crippen LogP contribution in [0.3, 0.4) is 0 Å². The predicted molar refractivity (Wildman–Crippen MR) is 91.3 cm³/mol. The minimum Gasteiger partial charge on any atom is -0.482 e. The Hall–Kier alpha value is -2.11. The van der Waals surface area contributed by atoms with Gasteiger partial charge in [-0.3, -0.25) is 10.2 Å². The van der Waals surface area contributed by atoms with Gasteiger partial charge >= 0.3 is 0 Å². The van der Waals surface area contributed by atoms with E-state index in [9.17, 15) is 4.79 Å². The van der Waals surface area contributed by atoms with E-state index in [4.69, 9.17) is 10.6 Å². The van der Waals surface area contributed by atoms with Gasteiger partial charge in [0.25, 0.3) is 5.91 Å². The van der Waals surface area contributed by atoms with Crippen molar-refractivity contribution in [2.75, 3.05) is 6.61 Å². The predicted octanol–water partition coefficient (Wildman–Crippen LogP) is 3.21. The monoisotopic (exact) mass is 360 g/mol. The summed E-state index contributed by atoms with van der Waals surface area (Å²) < 4.78 is 6.36. The Labute approximate surface area is 138 Å². The molecule has 3 N–H and O–H groups in total. The molecule has 114 valence electrons. The molecule has 4 nitrogen and oxygen atoms in total. The first-order valence-electron chi connectivity index (χ1n) is 6.76. The third-order valence-corrected chi connectivity index (χ3v) is 3.69. The van der Waals surface area contributed by atoms with Gasteiger partial charge in [-0.2, -0.15) is 0 Å². The van der Waals surface area contributed by atoms with Crippen LogP contribution in [0, 0.1) is 0 Å². The van der Waals surface area contributed by atoms with Crippen molar-refractivity contribution in [3.8, 4) is 16.9 Å². The molecule has 0 bridgehead atoms. The smallest absolute Gasteiger partial charge is 0.271 e. The van der Waals surface area contributed by atoms with Gasteiger partial charge in [-0.15, -0.1) is 6.58 Å². The van der Waals surface area contributed by atoms with Crippen LogP contribution in [0.25, 0.3) is 11.1 Å². The van der Waals surface area contributed by atoms with Crippen LogP contribution in [-0.4, -0.2) is 12.5 Å². The summed E-state index contributed by atoms with van der Waals surface area (Å²) in [7, 11) is 0. The van der Waals surface area contributed by atoms with Crippen molar-refractivity contribution in [2.45, 2.75) is 6.42 Å². The summed E-state index contributed by atoms with van der Waals surface area (Å²) in [5.41, 5.74) is 5.18. The summed E-state index contributed by atoms with van der Waals surface area (Å²) in [6, 6.07) is 14.1. The number of hydrazine groups is 1. The fourth-order valence-corrected chi connectivity index (χ4v) is 2.71. The SMILES string of the molecule is C=CCc1cc(-c2ccccc2)cc(Br)c1OCC(=O)NN. The maximum atomic E-state index is 11.3. The van der Waals surface area contributed by atoms with Gasteiger partial charge in [-0.1, -0.05) is 36.4 Å². The molecule has 0 aliphatic heterocycles. The zero-order valence-corrected chi connectivity index (χ0v) is 13.6. The number of nitrogens with two attached hydrogens (primary N) is 1. The molecule has 0 spiro atoms. The van der Waals surface area contributed by atoms with Crippen molar-refractivity contribution in [2.24, 2.45) is 5.84 Å². The van der Waals surface area contributed by atoms with E-state index >= 15 is 0 Å². The van der Waals surface area contributed by atoms with Crippen molar-refractivity contribution in [3.05, 3.63) is 65.2 Å². The molecule has 0 radical (unpaired) electrons. The maximum Gasteiger partial charge on any atom is 0.271 e. The zero-order chi connectivity index (χ0) is 15.9. The molecule has 0 unspecified atom stereocenters. The van der Waals surface area contributed by atoms with Crippen molar-refractivity contribution in [1.29, 1.82) is 0 Å². The first-order valence-corrected chi connectivity index (χ1v) is 7.56. The number of hydrogen-bond acceptors (Lipinski definition) is 3. The summed E-state index contributed by atoms with van der Waals surface area (Å²) in [5, 5.41) is 0. The van der Waals surface area contributed by atoms with Crippen LogP contribution < -0.4 is 16.0 Å². The van der Waals surface area contributed by atoms with Gasteiger partial charge in [0.15, 0.2) is 6.61 Å². The second-order valence-electron chi connectivity index (χ2n) is 4.66. The van der Waals surface area contributed by atoms with Crippen LogP contribution in [0.1, 0.15) is 5.56 Å². The number of ether oxygens (including phenoxy) is 1. The molecule has 2 aromatic rings. The Kier molecular flexibility index (Phi) is 5.75. The fourth-order valence-electron chi connectivity index (χ4n) is 2.10. The molecule has 0 aliphatic rings. The van der Waals surface area contributed by atoms with Gasteiger partial charge in [-0.25, -0.2) is 5.84 Å². The number of halogens is 1. The molecule has 1 amide bonds.